The molecule has 2 aliphatic rings. The van der Waals surface area contributed by atoms with Crippen LogP contribution in [0.5, 0.6) is 11.5 Å². The highest BCUT2D eigenvalue weighted by atomic mass is 19.3. The largest absolute Gasteiger partial charge is 0.432 e. The van der Waals surface area contributed by atoms with Gasteiger partial charge in [-0.05, 0) is 187 Å². The second kappa shape index (κ2) is 31.6. The number of hydrogen-bond acceptors (Lipinski definition) is 2. The summed E-state index contributed by atoms with van der Waals surface area (Å²) < 4.78 is 277. The van der Waals surface area contributed by atoms with Gasteiger partial charge in [-0.1, -0.05) is 126 Å². The van der Waals surface area contributed by atoms with Crippen molar-refractivity contribution in [1.82, 2.24) is 0 Å². The molecular formula is C78H67F19O2. The number of halogens is 19. The van der Waals surface area contributed by atoms with Crippen LogP contribution in [0.3, 0.4) is 0 Å². The van der Waals surface area contributed by atoms with Crippen molar-refractivity contribution in [2.24, 2.45) is 17.8 Å². The summed E-state index contributed by atoms with van der Waals surface area (Å²) >= 11 is 0. The minimum atomic E-state index is -4.75. The van der Waals surface area contributed by atoms with E-state index in [1.807, 2.05) is 50.2 Å². The molecule has 2 aliphatic carbocycles. The topological polar surface area (TPSA) is 18.5 Å². The monoisotopic (exact) mass is 1400 g/mol. The lowest BCUT2D eigenvalue weighted by Crippen LogP contribution is -2.26. The van der Waals surface area contributed by atoms with Crippen molar-refractivity contribution in [3.05, 3.63) is 260 Å². The molecule has 2 saturated carbocycles. The minimum Gasteiger partial charge on any atom is -0.428 e. The molecule has 0 N–H and O–H groups in total. The Morgan fingerprint density at radius 3 is 1.06 bits per heavy atom. The van der Waals surface area contributed by atoms with Crippen molar-refractivity contribution < 1.29 is 92.9 Å². The van der Waals surface area contributed by atoms with Gasteiger partial charge in [0.05, 0.1) is 0 Å². The van der Waals surface area contributed by atoms with Crippen LogP contribution >= 0.6 is 0 Å². The van der Waals surface area contributed by atoms with Crippen molar-refractivity contribution in [2.75, 3.05) is 0 Å². The Bertz CT molecular complexity index is 4280. The summed E-state index contributed by atoms with van der Waals surface area (Å²) in [7, 11) is 0. The number of alkyl halides is 4. The Hall–Kier alpha value is -8.75. The average molecular weight is 1400 g/mol. The lowest BCUT2D eigenvalue weighted by Gasteiger charge is -2.38. The van der Waals surface area contributed by atoms with Gasteiger partial charge in [-0.25, -0.2) is 65.9 Å². The Kier molecular flexibility index (Phi) is 23.8. The first-order chi connectivity index (χ1) is 46.9. The molecule has 2 nitrogen and oxygen atoms in total. The maximum absolute atomic E-state index is 14.9. The maximum atomic E-state index is 14.9. The van der Waals surface area contributed by atoms with Gasteiger partial charge in [0.25, 0.3) is 0 Å². The molecule has 0 heterocycles. The highest BCUT2D eigenvalue weighted by molar-refractivity contribution is 5.73. The van der Waals surface area contributed by atoms with E-state index in [0.717, 1.165) is 99.8 Å². The lowest BCUT2D eigenvalue weighted by molar-refractivity contribution is -0.190. The summed E-state index contributed by atoms with van der Waals surface area (Å²) in [6.07, 6.45) is 5.59. The van der Waals surface area contributed by atoms with Gasteiger partial charge in [-0.15, -0.1) is 0 Å². The first kappa shape index (κ1) is 74.5. The molecule has 9 aromatic carbocycles. The second-order valence-corrected chi connectivity index (χ2v) is 25.0. The van der Waals surface area contributed by atoms with E-state index in [1.54, 1.807) is 12.1 Å². The van der Waals surface area contributed by atoms with Crippen LogP contribution in [-0.4, -0.2) is 0 Å². The summed E-state index contributed by atoms with van der Waals surface area (Å²) in [5, 5.41) is 0. The first-order valence-electron chi connectivity index (χ1n) is 32.3. The highest BCUT2D eigenvalue weighted by Gasteiger charge is 2.44. The Labute approximate surface area is 560 Å². The van der Waals surface area contributed by atoms with Gasteiger partial charge < -0.3 is 9.47 Å². The molecule has 0 saturated heterocycles. The fourth-order valence-electron chi connectivity index (χ4n) is 13.0. The van der Waals surface area contributed by atoms with Gasteiger partial charge >= 0.3 is 12.2 Å². The van der Waals surface area contributed by atoms with Gasteiger partial charge in [-0.3, -0.25) is 0 Å². The SMILES string of the molecule is CCCC1CCC(C2CCC(c3cc(F)c(F)c(F)c3)CC2)CC1.CCCc1ccc(-c2ccc(-c3cc(F)c(C(F)(F)Oc4cc(F)c(F)c(F)c4C)c(F)c3)c(F)c2)cc1.CCc1ccc(-c2ccc(-c3cc(F)c(C(F)(F)Oc4cc(F)c(F)c(F)c4C)c(F)c3)c(F)c2)cc1. The number of ether oxygens (including phenoxy) is 2. The van der Waals surface area contributed by atoms with E-state index in [4.69, 9.17) is 0 Å². The second-order valence-electron chi connectivity index (χ2n) is 25.0. The lowest BCUT2D eigenvalue weighted by atomic mass is 9.68. The summed E-state index contributed by atoms with van der Waals surface area (Å²) in [4.78, 5) is 0. The molecule has 0 atom stereocenters. The molecule has 9 aromatic rings. The quantitative estimate of drug-likeness (QED) is 0.0668. The van der Waals surface area contributed by atoms with Gasteiger partial charge in [0.1, 0.15) is 57.5 Å². The maximum Gasteiger partial charge on any atom is 0.432 e. The molecule has 0 unspecified atom stereocenters. The summed E-state index contributed by atoms with van der Waals surface area (Å²) in [6, 6.07) is 27.3. The first-order valence-corrected chi connectivity index (χ1v) is 32.3. The van der Waals surface area contributed by atoms with Gasteiger partial charge in [-0.2, -0.15) is 17.6 Å². The van der Waals surface area contributed by atoms with E-state index < -0.39 is 133 Å². The van der Waals surface area contributed by atoms with Gasteiger partial charge in [0, 0.05) is 34.4 Å². The third-order valence-corrected chi connectivity index (χ3v) is 18.4. The summed E-state index contributed by atoms with van der Waals surface area (Å²) in [5.41, 5.74) is -1.37. The third kappa shape index (κ3) is 17.1. The zero-order valence-electron chi connectivity index (χ0n) is 54.2. The Morgan fingerprint density at radius 1 is 0.343 bits per heavy atom. The Balaban J connectivity index is 0.000000178. The smallest absolute Gasteiger partial charge is 0.428 e. The van der Waals surface area contributed by atoms with Crippen LogP contribution < -0.4 is 9.47 Å². The normalized spacial score (nSPS) is 16.4. The minimum absolute atomic E-state index is 0.137. The molecule has 0 aliphatic heterocycles. The predicted octanol–water partition coefficient (Wildman–Crippen LogP) is 25.1. The number of hydrogen-bond donors (Lipinski definition) is 0. The van der Waals surface area contributed by atoms with Crippen LogP contribution in [0.25, 0.3) is 44.5 Å². The van der Waals surface area contributed by atoms with Crippen LogP contribution in [-0.2, 0) is 25.1 Å². The number of rotatable bonds is 17. The van der Waals surface area contributed by atoms with E-state index in [1.165, 1.54) is 74.9 Å². The van der Waals surface area contributed by atoms with Gasteiger partial charge in [0.15, 0.2) is 52.4 Å². The van der Waals surface area contributed by atoms with Crippen LogP contribution in [0.15, 0.2) is 133 Å². The fraction of sp³-hybridized carbons (Fsp3) is 0.308. The molecule has 2 fully saturated rings. The van der Waals surface area contributed by atoms with Crippen LogP contribution in [0.2, 0.25) is 0 Å². The molecule has 0 radical (unpaired) electrons. The summed E-state index contributed by atoms with van der Waals surface area (Å²) in [6.45, 7) is 7.95. The number of aryl methyl sites for hydroxylation is 2. The van der Waals surface area contributed by atoms with E-state index >= 15 is 0 Å². The van der Waals surface area contributed by atoms with Crippen molar-refractivity contribution in [1.29, 1.82) is 0 Å². The zero-order valence-corrected chi connectivity index (χ0v) is 54.2. The molecule has 524 valence electrons. The standard InChI is InChI=1S/C29H20F8O.C28H18F8O.C21H29F3/c1-3-4-16-5-7-17(8-6-16)18-9-10-20(21(30)11-18)19-12-22(31)26(23(32)13-19)29(36,37)38-25-14-24(33)28(35)27(34)15(25)2;1-3-15-4-6-16(7-5-15)17-8-9-19(20(29)10-17)18-11-21(30)25(22(31)12-18)28(35,36)37-24-13-23(32)27(34)26(33)14(24)2;1-2-3-14-4-6-15(7-5-14)16-8-10-17(11-9-16)18-12-19(22)21(24)20(23)13-18/h5-14H,3-4H2,1-2H3;4-13H,3H2,1-2H3;12-17H,2-11H2,1H3. The highest BCUT2D eigenvalue weighted by Crippen LogP contribution is 2.46. The van der Waals surface area contributed by atoms with Crippen molar-refractivity contribution in [3.63, 3.8) is 0 Å². The van der Waals surface area contributed by atoms with E-state index in [-0.39, 0.29) is 40.3 Å². The fourth-order valence-corrected chi connectivity index (χ4v) is 13.0. The van der Waals surface area contributed by atoms with Crippen molar-refractivity contribution in [2.45, 2.75) is 136 Å². The molecule has 0 amide bonds. The molecule has 11 rings (SSSR count). The number of benzene rings is 9. The third-order valence-electron chi connectivity index (χ3n) is 18.4. The Morgan fingerprint density at radius 2 is 0.697 bits per heavy atom. The molecule has 21 heteroatoms. The zero-order chi connectivity index (χ0) is 71.9. The van der Waals surface area contributed by atoms with Crippen LogP contribution in [0.4, 0.5) is 83.4 Å². The van der Waals surface area contributed by atoms with E-state index in [2.05, 4.69) is 16.4 Å². The predicted molar refractivity (Wildman–Crippen MR) is 340 cm³/mol. The molecular weight excluding hydrogens is 1330 g/mol. The average Bonchev–Trinajstić information content (AvgIpc) is 0.778. The molecule has 0 bridgehead atoms. The van der Waals surface area contributed by atoms with E-state index in [0.29, 0.717) is 52.1 Å². The van der Waals surface area contributed by atoms with Crippen LogP contribution in [0.1, 0.15) is 136 Å². The van der Waals surface area contributed by atoms with Gasteiger partial charge in [0.2, 0.25) is 0 Å². The molecule has 99 heavy (non-hydrogen) atoms. The molecule has 0 spiro atoms. The van der Waals surface area contributed by atoms with Crippen molar-refractivity contribution in [3.8, 4) is 56.0 Å². The van der Waals surface area contributed by atoms with E-state index in [9.17, 15) is 83.4 Å². The van der Waals surface area contributed by atoms with Crippen LogP contribution in [0, 0.1) is 119 Å². The summed E-state index contributed by atoms with van der Waals surface area (Å²) in [5.74, 6) is -22.9. The van der Waals surface area contributed by atoms with Crippen molar-refractivity contribution >= 4 is 0 Å². The molecule has 0 aromatic heterocycles.